The highest BCUT2D eigenvalue weighted by atomic mass is 16.2. The zero-order valence-electron chi connectivity index (χ0n) is 13.6. The van der Waals surface area contributed by atoms with Gasteiger partial charge in [0.2, 0.25) is 0 Å². The SMILES string of the molecule is O=C1Nc2c(c(=O)[nH]c(=O)n2Cc2ccccc2)C(c2ccncc2)N1. The molecule has 0 spiro atoms. The van der Waals surface area contributed by atoms with E-state index >= 15 is 0 Å². The molecule has 2 aromatic heterocycles. The van der Waals surface area contributed by atoms with Gasteiger partial charge in [0, 0.05) is 12.4 Å². The molecule has 0 fully saturated rings. The number of urea groups is 1. The molecular formula is C18H15N5O3. The van der Waals surface area contributed by atoms with Gasteiger partial charge >= 0.3 is 11.7 Å². The lowest BCUT2D eigenvalue weighted by Gasteiger charge is -2.28. The maximum atomic E-state index is 12.5. The predicted molar refractivity (Wildman–Crippen MR) is 95.1 cm³/mol. The third-order valence-electron chi connectivity index (χ3n) is 4.25. The fourth-order valence-electron chi connectivity index (χ4n) is 3.06. The van der Waals surface area contributed by atoms with E-state index in [2.05, 4.69) is 20.6 Å². The molecule has 3 heterocycles. The highest BCUT2D eigenvalue weighted by Crippen LogP contribution is 2.28. The van der Waals surface area contributed by atoms with E-state index in [1.54, 1.807) is 24.5 Å². The Morgan fingerprint density at radius 1 is 1.00 bits per heavy atom. The molecule has 26 heavy (non-hydrogen) atoms. The molecular weight excluding hydrogens is 334 g/mol. The van der Waals surface area contributed by atoms with Crippen LogP contribution >= 0.6 is 0 Å². The topological polar surface area (TPSA) is 109 Å². The van der Waals surface area contributed by atoms with Gasteiger partial charge in [0.15, 0.2) is 0 Å². The number of hydrogen-bond acceptors (Lipinski definition) is 4. The first-order chi connectivity index (χ1) is 12.6. The van der Waals surface area contributed by atoms with Gasteiger partial charge in [-0.25, -0.2) is 9.59 Å². The van der Waals surface area contributed by atoms with Crippen LogP contribution in [0.2, 0.25) is 0 Å². The van der Waals surface area contributed by atoms with E-state index in [-0.39, 0.29) is 17.9 Å². The van der Waals surface area contributed by atoms with Crippen LogP contribution < -0.4 is 21.9 Å². The fraction of sp³-hybridized carbons (Fsp3) is 0.111. The van der Waals surface area contributed by atoms with Crippen LogP contribution in [0.3, 0.4) is 0 Å². The molecule has 1 atom stereocenters. The number of aromatic nitrogens is 3. The summed E-state index contributed by atoms with van der Waals surface area (Å²) in [6.07, 6.45) is 3.16. The Hall–Kier alpha value is -3.68. The Balaban J connectivity index is 1.90. The minimum absolute atomic E-state index is 0.202. The Labute approximate surface area is 147 Å². The van der Waals surface area contributed by atoms with E-state index in [1.807, 2.05) is 30.3 Å². The van der Waals surface area contributed by atoms with Crippen LogP contribution in [0.5, 0.6) is 0 Å². The van der Waals surface area contributed by atoms with Gasteiger partial charge < -0.3 is 5.32 Å². The molecule has 1 aliphatic heterocycles. The maximum absolute atomic E-state index is 12.5. The molecule has 3 aromatic rings. The number of carbonyl (C=O) groups excluding carboxylic acids is 1. The molecule has 1 aliphatic rings. The van der Waals surface area contributed by atoms with E-state index in [4.69, 9.17) is 0 Å². The number of hydrogen-bond donors (Lipinski definition) is 3. The van der Waals surface area contributed by atoms with Crippen LogP contribution in [0.1, 0.15) is 22.7 Å². The van der Waals surface area contributed by atoms with Crippen molar-refractivity contribution in [1.29, 1.82) is 0 Å². The number of carbonyl (C=O) groups is 1. The Morgan fingerprint density at radius 2 is 1.73 bits per heavy atom. The largest absolute Gasteiger partial charge is 0.330 e. The maximum Gasteiger partial charge on any atom is 0.330 e. The first-order valence-corrected chi connectivity index (χ1v) is 8.02. The van der Waals surface area contributed by atoms with Crippen molar-refractivity contribution in [1.82, 2.24) is 19.9 Å². The molecule has 1 unspecified atom stereocenters. The van der Waals surface area contributed by atoms with E-state index in [0.29, 0.717) is 5.56 Å². The van der Waals surface area contributed by atoms with Crippen molar-refractivity contribution in [3.63, 3.8) is 0 Å². The molecule has 0 bridgehead atoms. The summed E-state index contributed by atoms with van der Waals surface area (Å²) in [5.74, 6) is 0.202. The van der Waals surface area contributed by atoms with Crippen molar-refractivity contribution in [3.8, 4) is 0 Å². The zero-order valence-corrected chi connectivity index (χ0v) is 13.6. The monoisotopic (exact) mass is 349 g/mol. The molecule has 0 radical (unpaired) electrons. The van der Waals surface area contributed by atoms with Gasteiger partial charge in [0.25, 0.3) is 5.56 Å². The molecule has 130 valence electrons. The van der Waals surface area contributed by atoms with E-state index in [1.165, 1.54) is 4.57 Å². The van der Waals surface area contributed by atoms with Gasteiger partial charge in [-0.15, -0.1) is 0 Å². The minimum atomic E-state index is -0.673. The molecule has 0 saturated carbocycles. The lowest BCUT2D eigenvalue weighted by molar-refractivity contribution is 0.248. The molecule has 8 heteroatoms. The third kappa shape index (κ3) is 2.77. The number of nitrogens with zero attached hydrogens (tertiary/aromatic N) is 2. The van der Waals surface area contributed by atoms with Crippen LogP contribution in [-0.2, 0) is 6.54 Å². The van der Waals surface area contributed by atoms with Crippen LogP contribution in [0, 0.1) is 0 Å². The molecule has 4 rings (SSSR count). The van der Waals surface area contributed by atoms with Crippen LogP contribution in [0.15, 0.2) is 64.4 Å². The van der Waals surface area contributed by atoms with Crippen molar-refractivity contribution in [2.75, 3.05) is 5.32 Å². The average Bonchev–Trinajstić information content (AvgIpc) is 2.66. The van der Waals surface area contributed by atoms with Crippen molar-refractivity contribution in [3.05, 3.63) is 92.4 Å². The highest BCUT2D eigenvalue weighted by molar-refractivity contribution is 5.92. The molecule has 0 aliphatic carbocycles. The number of fused-ring (bicyclic) bond motifs is 1. The van der Waals surface area contributed by atoms with Crippen molar-refractivity contribution >= 4 is 11.8 Å². The van der Waals surface area contributed by atoms with E-state index in [9.17, 15) is 14.4 Å². The number of rotatable bonds is 3. The quantitative estimate of drug-likeness (QED) is 0.660. The Kier molecular flexibility index (Phi) is 3.85. The number of benzene rings is 1. The standard InChI is InChI=1S/C18H15N5O3/c24-16-13-14(12-6-8-19-9-7-12)20-17(25)21-15(13)23(18(26)22-16)10-11-4-2-1-3-5-11/h1-9,14H,10H2,(H2,20,21,25)(H,22,24,26). The van der Waals surface area contributed by atoms with Gasteiger partial charge in [-0.2, -0.15) is 0 Å². The van der Waals surface area contributed by atoms with Gasteiger partial charge in [-0.1, -0.05) is 30.3 Å². The summed E-state index contributed by atoms with van der Waals surface area (Å²) < 4.78 is 1.36. The van der Waals surface area contributed by atoms with Gasteiger partial charge in [-0.05, 0) is 23.3 Å². The Bertz CT molecular complexity index is 1070. The molecule has 2 amide bonds. The lowest BCUT2D eigenvalue weighted by atomic mass is 9.99. The summed E-state index contributed by atoms with van der Waals surface area (Å²) in [5, 5.41) is 5.33. The first-order valence-electron chi connectivity index (χ1n) is 8.02. The summed E-state index contributed by atoms with van der Waals surface area (Å²) in [6.45, 7) is 0.224. The lowest BCUT2D eigenvalue weighted by Crippen LogP contribution is -2.46. The highest BCUT2D eigenvalue weighted by Gasteiger charge is 2.31. The smallest absolute Gasteiger partial charge is 0.327 e. The molecule has 8 nitrogen and oxygen atoms in total. The summed E-state index contributed by atoms with van der Waals surface area (Å²) in [6, 6.07) is 11.6. The molecule has 1 aromatic carbocycles. The van der Waals surface area contributed by atoms with Gasteiger partial charge in [0.05, 0.1) is 18.2 Å². The summed E-state index contributed by atoms with van der Waals surface area (Å²) in [7, 11) is 0. The van der Waals surface area contributed by atoms with Crippen molar-refractivity contribution in [2.24, 2.45) is 0 Å². The van der Waals surface area contributed by atoms with Gasteiger partial charge in [0.1, 0.15) is 5.82 Å². The number of amides is 2. The summed E-state index contributed by atoms with van der Waals surface area (Å²) in [4.78, 5) is 43.4. The number of pyridine rings is 1. The van der Waals surface area contributed by atoms with E-state index < -0.39 is 23.3 Å². The normalized spacial score (nSPS) is 15.7. The van der Waals surface area contributed by atoms with Crippen LogP contribution in [-0.4, -0.2) is 20.6 Å². The second kappa shape index (κ2) is 6.32. The van der Waals surface area contributed by atoms with Crippen LogP contribution in [0.25, 0.3) is 0 Å². The fourth-order valence-corrected chi connectivity index (χ4v) is 3.06. The average molecular weight is 349 g/mol. The van der Waals surface area contributed by atoms with E-state index in [0.717, 1.165) is 5.56 Å². The summed E-state index contributed by atoms with van der Waals surface area (Å²) >= 11 is 0. The number of aromatic amines is 1. The number of anilines is 1. The minimum Gasteiger partial charge on any atom is -0.327 e. The second-order valence-electron chi connectivity index (χ2n) is 5.91. The second-order valence-corrected chi connectivity index (χ2v) is 5.91. The first kappa shape index (κ1) is 15.8. The Morgan fingerprint density at radius 3 is 2.46 bits per heavy atom. The summed E-state index contributed by atoms with van der Waals surface area (Å²) in [5.41, 5.74) is 0.742. The molecule has 0 saturated heterocycles. The number of nitrogens with one attached hydrogen (secondary N) is 3. The zero-order chi connectivity index (χ0) is 18.1. The van der Waals surface area contributed by atoms with Crippen molar-refractivity contribution in [2.45, 2.75) is 12.6 Å². The number of H-pyrrole nitrogens is 1. The molecule has 3 N–H and O–H groups in total. The van der Waals surface area contributed by atoms with Gasteiger partial charge in [-0.3, -0.25) is 24.6 Å². The van der Waals surface area contributed by atoms with Crippen molar-refractivity contribution < 1.29 is 4.79 Å². The predicted octanol–water partition coefficient (Wildman–Crippen LogP) is 1.20. The third-order valence-corrected chi connectivity index (χ3v) is 4.25. The van der Waals surface area contributed by atoms with Crippen LogP contribution in [0.4, 0.5) is 10.6 Å².